The largest absolute Gasteiger partial charge is 0.383 e. The number of piperidine rings is 2. The van der Waals surface area contributed by atoms with E-state index >= 15 is 0 Å². The number of ether oxygens (including phenoxy) is 1. The summed E-state index contributed by atoms with van der Waals surface area (Å²) in [5, 5.41) is 3.18. The lowest BCUT2D eigenvalue weighted by Gasteiger charge is -2.33. The van der Waals surface area contributed by atoms with Crippen molar-refractivity contribution < 1.29 is 9.53 Å². The van der Waals surface area contributed by atoms with E-state index in [9.17, 15) is 4.79 Å². The van der Waals surface area contributed by atoms with Crippen LogP contribution in [0, 0.1) is 5.92 Å². The minimum atomic E-state index is 0.138. The molecule has 0 aromatic heterocycles. The van der Waals surface area contributed by atoms with Crippen molar-refractivity contribution in [1.29, 1.82) is 0 Å². The smallest absolute Gasteiger partial charge is 0.224 e. The molecule has 1 aromatic rings. The normalized spacial score (nSPS) is 22.6. The SMILES string of the molecule is COCCN1CCCC(C(=O)NCCN2CCC(c3ccccc3)CC2)C1. The second kappa shape index (κ2) is 10.8. The highest BCUT2D eigenvalue weighted by Crippen LogP contribution is 2.27. The molecule has 0 aliphatic carbocycles. The molecule has 1 aromatic carbocycles. The lowest BCUT2D eigenvalue weighted by Crippen LogP contribution is -2.46. The summed E-state index contributed by atoms with van der Waals surface area (Å²) in [7, 11) is 1.73. The van der Waals surface area contributed by atoms with Crippen LogP contribution in [0.2, 0.25) is 0 Å². The number of methoxy groups -OCH3 is 1. The molecule has 1 N–H and O–H groups in total. The zero-order chi connectivity index (χ0) is 18.9. The fourth-order valence-electron chi connectivity index (χ4n) is 4.39. The summed E-state index contributed by atoms with van der Waals surface area (Å²) in [6.07, 6.45) is 4.55. The molecule has 150 valence electrons. The molecule has 3 rings (SSSR count). The van der Waals surface area contributed by atoms with Crippen LogP contribution in [0.5, 0.6) is 0 Å². The minimum absolute atomic E-state index is 0.138. The number of rotatable bonds is 8. The average Bonchev–Trinajstić information content (AvgIpc) is 2.73. The summed E-state index contributed by atoms with van der Waals surface area (Å²) < 4.78 is 5.16. The van der Waals surface area contributed by atoms with Gasteiger partial charge in [-0.15, -0.1) is 0 Å². The highest BCUT2D eigenvalue weighted by molar-refractivity contribution is 5.78. The third-order valence-electron chi connectivity index (χ3n) is 6.07. The molecule has 2 saturated heterocycles. The Morgan fingerprint density at radius 2 is 1.85 bits per heavy atom. The van der Waals surface area contributed by atoms with Gasteiger partial charge in [0.05, 0.1) is 12.5 Å². The fraction of sp³-hybridized carbons (Fsp3) is 0.682. The molecule has 1 atom stereocenters. The molecule has 2 heterocycles. The van der Waals surface area contributed by atoms with Crippen LogP contribution in [0.25, 0.3) is 0 Å². The molecule has 0 bridgehead atoms. The number of carbonyl (C=O) groups excluding carboxylic acids is 1. The number of nitrogens with zero attached hydrogens (tertiary/aromatic N) is 2. The van der Waals surface area contributed by atoms with Gasteiger partial charge in [0.2, 0.25) is 5.91 Å². The van der Waals surface area contributed by atoms with Gasteiger partial charge in [-0.1, -0.05) is 30.3 Å². The van der Waals surface area contributed by atoms with Gasteiger partial charge in [-0.25, -0.2) is 0 Å². The number of amides is 1. The van der Waals surface area contributed by atoms with E-state index in [2.05, 4.69) is 45.4 Å². The third kappa shape index (κ3) is 6.30. The summed E-state index contributed by atoms with van der Waals surface area (Å²) in [5.74, 6) is 1.06. The zero-order valence-electron chi connectivity index (χ0n) is 16.7. The first-order valence-corrected chi connectivity index (χ1v) is 10.5. The molecule has 2 aliphatic rings. The van der Waals surface area contributed by atoms with Gasteiger partial charge in [-0.2, -0.15) is 0 Å². The maximum atomic E-state index is 12.5. The molecule has 5 nitrogen and oxygen atoms in total. The second-order valence-corrected chi connectivity index (χ2v) is 7.95. The Hall–Kier alpha value is -1.43. The Balaban J connectivity index is 1.32. The Kier molecular flexibility index (Phi) is 8.11. The number of hydrogen-bond donors (Lipinski definition) is 1. The van der Waals surface area contributed by atoms with Crippen LogP contribution >= 0.6 is 0 Å². The third-order valence-corrected chi connectivity index (χ3v) is 6.07. The van der Waals surface area contributed by atoms with Crippen LogP contribution in [-0.2, 0) is 9.53 Å². The molecule has 0 radical (unpaired) electrons. The van der Waals surface area contributed by atoms with Gasteiger partial charge in [0, 0.05) is 33.3 Å². The molecular weight excluding hydrogens is 338 g/mol. The van der Waals surface area contributed by atoms with Crippen molar-refractivity contribution in [2.24, 2.45) is 5.92 Å². The van der Waals surface area contributed by atoms with Gasteiger partial charge >= 0.3 is 0 Å². The van der Waals surface area contributed by atoms with E-state index < -0.39 is 0 Å². The van der Waals surface area contributed by atoms with E-state index in [0.29, 0.717) is 5.92 Å². The van der Waals surface area contributed by atoms with Gasteiger partial charge < -0.3 is 19.9 Å². The molecule has 0 spiro atoms. The zero-order valence-corrected chi connectivity index (χ0v) is 16.7. The predicted molar refractivity (Wildman–Crippen MR) is 109 cm³/mol. The minimum Gasteiger partial charge on any atom is -0.383 e. The van der Waals surface area contributed by atoms with Crippen molar-refractivity contribution in [3.8, 4) is 0 Å². The van der Waals surface area contributed by atoms with Crippen molar-refractivity contribution in [1.82, 2.24) is 15.1 Å². The van der Waals surface area contributed by atoms with E-state index in [1.165, 1.54) is 18.4 Å². The van der Waals surface area contributed by atoms with Crippen LogP contribution in [-0.4, -0.2) is 75.2 Å². The van der Waals surface area contributed by atoms with Crippen molar-refractivity contribution in [2.45, 2.75) is 31.6 Å². The summed E-state index contributed by atoms with van der Waals surface area (Å²) >= 11 is 0. The van der Waals surface area contributed by atoms with Crippen molar-refractivity contribution in [3.05, 3.63) is 35.9 Å². The van der Waals surface area contributed by atoms with Crippen molar-refractivity contribution in [2.75, 3.05) is 59.5 Å². The first-order valence-electron chi connectivity index (χ1n) is 10.5. The first-order chi connectivity index (χ1) is 13.3. The van der Waals surface area contributed by atoms with E-state index in [1.807, 2.05) is 0 Å². The van der Waals surface area contributed by atoms with Gasteiger partial charge in [-0.05, 0) is 56.8 Å². The Morgan fingerprint density at radius 3 is 2.59 bits per heavy atom. The standard InChI is InChI=1S/C22H35N3O2/c1-27-17-16-25-12-5-8-21(18-25)22(26)23-11-15-24-13-9-20(10-14-24)19-6-3-2-4-7-19/h2-4,6-7,20-21H,5,8-18H2,1H3,(H,23,26). The Morgan fingerprint density at radius 1 is 1.07 bits per heavy atom. The van der Waals surface area contributed by atoms with Gasteiger partial charge in [0.15, 0.2) is 0 Å². The van der Waals surface area contributed by atoms with E-state index in [1.54, 1.807) is 7.11 Å². The van der Waals surface area contributed by atoms with Crippen LogP contribution in [0.1, 0.15) is 37.2 Å². The highest BCUT2D eigenvalue weighted by Gasteiger charge is 2.25. The molecule has 0 saturated carbocycles. The van der Waals surface area contributed by atoms with Crippen molar-refractivity contribution >= 4 is 5.91 Å². The molecule has 1 amide bonds. The van der Waals surface area contributed by atoms with Crippen LogP contribution in [0.3, 0.4) is 0 Å². The Labute approximate surface area is 164 Å². The Bertz CT molecular complexity index is 558. The predicted octanol–water partition coefficient (Wildman–Crippen LogP) is 2.34. The highest BCUT2D eigenvalue weighted by atomic mass is 16.5. The monoisotopic (exact) mass is 373 g/mol. The van der Waals surface area contributed by atoms with E-state index in [-0.39, 0.29) is 11.8 Å². The molecule has 27 heavy (non-hydrogen) atoms. The summed E-state index contributed by atoms with van der Waals surface area (Å²) in [6, 6.07) is 10.9. The maximum Gasteiger partial charge on any atom is 0.224 e. The number of nitrogens with one attached hydrogen (secondary N) is 1. The lowest BCUT2D eigenvalue weighted by molar-refractivity contribution is -0.126. The first kappa shape index (κ1) is 20.3. The average molecular weight is 374 g/mol. The van der Waals surface area contributed by atoms with Crippen LogP contribution in [0.15, 0.2) is 30.3 Å². The summed E-state index contributed by atoms with van der Waals surface area (Å²) in [6.45, 7) is 7.62. The maximum absolute atomic E-state index is 12.5. The topological polar surface area (TPSA) is 44.8 Å². The molecule has 2 fully saturated rings. The number of likely N-dealkylation sites (tertiary alicyclic amines) is 2. The van der Waals surface area contributed by atoms with Crippen molar-refractivity contribution in [3.63, 3.8) is 0 Å². The lowest BCUT2D eigenvalue weighted by atomic mass is 9.89. The van der Waals surface area contributed by atoms with E-state index in [4.69, 9.17) is 4.74 Å². The number of benzene rings is 1. The second-order valence-electron chi connectivity index (χ2n) is 7.95. The van der Waals surface area contributed by atoms with Gasteiger partial charge in [-0.3, -0.25) is 4.79 Å². The van der Waals surface area contributed by atoms with Crippen LogP contribution in [0.4, 0.5) is 0 Å². The van der Waals surface area contributed by atoms with Gasteiger partial charge in [0.1, 0.15) is 0 Å². The molecule has 5 heteroatoms. The molecule has 2 aliphatic heterocycles. The van der Waals surface area contributed by atoms with Crippen LogP contribution < -0.4 is 5.32 Å². The quantitative estimate of drug-likeness (QED) is 0.760. The number of carbonyl (C=O) groups is 1. The fourth-order valence-corrected chi connectivity index (χ4v) is 4.39. The summed E-state index contributed by atoms with van der Waals surface area (Å²) in [5.41, 5.74) is 1.47. The summed E-state index contributed by atoms with van der Waals surface area (Å²) in [4.78, 5) is 17.4. The van der Waals surface area contributed by atoms with E-state index in [0.717, 1.165) is 65.3 Å². The molecular formula is C22H35N3O2. The van der Waals surface area contributed by atoms with Gasteiger partial charge in [0.25, 0.3) is 0 Å². The number of hydrogen-bond acceptors (Lipinski definition) is 4. The molecule has 1 unspecified atom stereocenters.